The highest BCUT2D eigenvalue weighted by Gasteiger charge is 2.31. The van der Waals surface area contributed by atoms with Crippen molar-refractivity contribution >= 4 is 22.7 Å². The molecule has 1 aromatic heterocycles. The molecule has 0 spiro atoms. The molecule has 1 fully saturated rings. The fourth-order valence-corrected chi connectivity index (χ4v) is 5.20. The van der Waals surface area contributed by atoms with Crippen LogP contribution in [0.25, 0.3) is 17.0 Å². The van der Waals surface area contributed by atoms with Gasteiger partial charge < -0.3 is 10.0 Å². The molecule has 1 saturated carbocycles. The standard InChI is InChI=1S/C26H26F3N3O2/c1-31-11-5-8-19-17(12-16-6-4-7-18(13-16)26(27,28)29)14-20-23(24(19)31)30-15-32(25(20)34)21-9-2-3-10-22(21)33/h4-8,13-15,21-22,33H,2-3,9-12H2,1H3. The van der Waals surface area contributed by atoms with E-state index < -0.39 is 17.8 Å². The Bertz CT molecular complexity index is 1330. The summed E-state index contributed by atoms with van der Waals surface area (Å²) in [6.07, 6.45) is 3.93. The molecule has 178 valence electrons. The molecular formula is C26H26F3N3O2. The highest BCUT2D eigenvalue weighted by Crippen LogP contribution is 2.37. The zero-order valence-electron chi connectivity index (χ0n) is 18.8. The molecule has 2 aromatic carbocycles. The number of alkyl halides is 3. The van der Waals surface area contributed by atoms with Gasteiger partial charge in [-0.05, 0) is 42.5 Å². The van der Waals surface area contributed by atoms with Crippen LogP contribution in [0.15, 0.2) is 47.5 Å². The molecule has 8 heteroatoms. The molecule has 34 heavy (non-hydrogen) atoms. The van der Waals surface area contributed by atoms with E-state index in [1.807, 2.05) is 24.1 Å². The number of halogens is 3. The number of benzene rings is 2. The van der Waals surface area contributed by atoms with E-state index >= 15 is 0 Å². The number of rotatable bonds is 3. The van der Waals surface area contributed by atoms with Crippen molar-refractivity contribution in [2.45, 2.75) is 50.4 Å². The third-order valence-corrected chi connectivity index (χ3v) is 6.92. The number of nitrogens with zero attached hydrogens (tertiary/aromatic N) is 3. The minimum atomic E-state index is -4.42. The number of aliphatic hydroxyl groups excluding tert-OH is 1. The number of fused-ring (bicyclic) bond motifs is 3. The lowest BCUT2D eigenvalue weighted by Gasteiger charge is -2.30. The number of aliphatic hydroxyl groups is 1. The van der Waals surface area contributed by atoms with Gasteiger partial charge in [-0.1, -0.05) is 43.2 Å². The molecule has 0 amide bonds. The van der Waals surface area contributed by atoms with Crippen LogP contribution >= 0.6 is 0 Å². The Labute approximate surface area is 195 Å². The first-order valence-electron chi connectivity index (χ1n) is 11.5. The maximum atomic E-state index is 13.6. The second-order valence-electron chi connectivity index (χ2n) is 9.23. The summed E-state index contributed by atoms with van der Waals surface area (Å²) in [5.74, 6) is 0. The smallest absolute Gasteiger partial charge is 0.391 e. The monoisotopic (exact) mass is 469 g/mol. The quantitative estimate of drug-likeness (QED) is 0.590. The molecule has 5 nitrogen and oxygen atoms in total. The molecule has 2 unspecified atom stereocenters. The van der Waals surface area contributed by atoms with Gasteiger partial charge in [0.15, 0.2) is 0 Å². The van der Waals surface area contributed by atoms with Crippen LogP contribution in [0.4, 0.5) is 18.9 Å². The predicted octanol–water partition coefficient (Wildman–Crippen LogP) is 4.95. The van der Waals surface area contributed by atoms with Crippen LogP contribution in [0.5, 0.6) is 0 Å². The van der Waals surface area contributed by atoms with E-state index in [1.54, 1.807) is 12.1 Å². The van der Waals surface area contributed by atoms with Crippen LogP contribution in [0.2, 0.25) is 0 Å². The van der Waals surface area contributed by atoms with Crippen molar-refractivity contribution in [1.29, 1.82) is 0 Å². The van der Waals surface area contributed by atoms with E-state index in [2.05, 4.69) is 4.98 Å². The lowest BCUT2D eigenvalue weighted by molar-refractivity contribution is -0.137. The molecular weight excluding hydrogens is 443 g/mol. The van der Waals surface area contributed by atoms with Gasteiger partial charge in [-0.3, -0.25) is 9.36 Å². The van der Waals surface area contributed by atoms with Gasteiger partial charge in [0, 0.05) is 19.2 Å². The van der Waals surface area contributed by atoms with Crippen molar-refractivity contribution < 1.29 is 18.3 Å². The Kier molecular flexibility index (Phi) is 5.72. The summed E-state index contributed by atoms with van der Waals surface area (Å²) in [6.45, 7) is 0.640. The Hall–Kier alpha value is -3.13. The first kappa shape index (κ1) is 22.7. The lowest BCUT2D eigenvalue weighted by atomic mass is 9.91. The van der Waals surface area contributed by atoms with Crippen LogP contribution in [-0.2, 0) is 12.6 Å². The van der Waals surface area contributed by atoms with Gasteiger partial charge >= 0.3 is 6.18 Å². The van der Waals surface area contributed by atoms with Crippen molar-refractivity contribution in [1.82, 2.24) is 9.55 Å². The minimum absolute atomic E-state index is 0.230. The summed E-state index contributed by atoms with van der Waals surface area (Å²) in [6, 6.07) is 6.74. The number of anilines is 1. The first-order chi connectivity index (χ1) is 16.2. The Morgan fingerprint density at radius 3 is 2.74 bits per heavy atom. The largest absolute Gasteiger partial charge is 0.416 e. The minimum Gasteiger partial charge on any atom is -0.391 e. The molecule has 3 aromatic rings. The normalized spacial score (nSPS) is 20.6. The van der Waals surface area contributed by atoms with Gasteiger partial charge in [-0.2, -0.15) is 13.2 Å². The fraction of sp³-hybridized carbons (Fsp3) is 0.385. The molecule has 5 rings (SSSR count). The number of hydrogen-bond donors (Lipinski definition) is 1. The molecule has 0 saturated heterocycles. The number of aromatic nitrogens is 2. The van der Waals surface area contributed by atoms with Crippen molar-refractivity contribution in [3.63, 3.8) is 0 Å². The maximum absolute atomic E-state index is 13.6. The average molecular weight is 470 g/mol. The average Bonchev–Trinajstić information content (AvgIpc) is 2.80. The summed E-state index contributed by atoms with van der Waals surface area (Å²) in [7, 11) is 1.91. The van der Waals surface area contributed by atoms with Crippen molar-refractivity contribution in [2.75, 3.05) is 18.5 Å². The topological polar surface area (TPSA) is 58.4 Å². The molecule has 0 bridgehead atoms. The van der Waals surface area contributed by atoms with Gasteiger partial charge in [0.1, 0.15) is 5.52 Å². The lowest BCUT2D eigenvalue weighted by Crippen LogP contribution is -2.35. The second kappa shape index (κ2) is 8.58. The van der Waals surface area contributed by atoms with Gasteiger partial charge in [0.25, 0.3) is 5.56 Å². The van der Waals surface area contributed by atoms with Crippen molar-refractivity contribution in [3.05, 3.63) is 75.3 Å². The Morgan fingerprint density at radius 2 is 1.97 bits per heavy atom. The summed E-state index contributed by atoms with van der Waals surface area (Å²) in [5, 5.41) is 10.9. The van der Waals surface area contributed by atoms with Crippen LogP contribution in [0, 0.1) is 0 Å². The van der Waals surface area contributed by atoms with Crippen LogP contribution in [0.3, 0.4) is 0 Å². The zero-order valence-corrected chi connectivity index (χ0v) is 18.8. The summed E-state index contributed by atoms with van der Waals surface area (Å²) in [5.41, 5.74) is 2.60. The molecule has 1 aliphatic carbocycles. The maximum Gasteiger partial charge on any atom is 0.416 e. The van der Waals surface area contributed by atoms with E-state index in [4.69, 9.17) is 0 Å². The molecule has 1 aliphatic heterocycles. The first-order valence-corrected chi connectivity index (χ1v) is 11.5. The molecule has 2 atom stereocenters. The van der Waals surface area contributed by atoms with Crippen molar-refractivity contribution in [3.8, 4) is 0 Å². The van der Waals surface area contributed by atoms with Crippen LogP contribution < -0.4 is 10.5 Å². The summed E-state index contributed by atoms with van der Waals surface area (Å²) >= 11 is 0. The van der Waals surface area contributed by atoms with Crippen LogP contribution in [0.1, 0.15) is 54.0 Å². The van der Waals surface area contributed by atoms with Gasteiger partial charge in [0.2, 0.25) is 0 Å². The third kappa shape index (κ3) is 4.00. The van der Waals surface area contributed by atoms with Crippen molar-refractivity contribution in [2.24, 2.45) is 0 Å². The fourth-order valence-electron chi connectivity index (χ4n) is 5.20. The molecule has 1 N–H and O–H groups in total. The predicted molar refractivity (Wildman–Crippen MR) is 126 cm³/mol. The van der Waals surface area contributed by atoms with Gasteiger partial charge in [-0.25, -0.2) is 4.98 Å². The van der Waals surface area contributed by atoms with E-state index in [9.17, 15) is 23.1 Å². The Balaban J connectivity index is 1.67. The van der Waals surface area contributed by atoms with Crippen LogP contribution in [-0.4, -0.2) is 34.4 Å². The third-order valence-electron chi connectivity index (χ3n) is 6.92. The Morgan fingerprint density at radius 1 is 1.18 bits per heavy atom. The highest BCUT2D eigenvalue weighted by molar-refractivity contribution is 5.97. The molecule has 2 heterocycles. The van der Waals surface area contributed by atoms with E-state index in [0.717, 1.165) is 41.8 Å². The van der Waals surface area contributed by atoms with E-state index in [-0.39, 0.29) is 18.0 Å². The zero-order chi connectivity index (χ0) is 24.0. The number of hydrogen-bond acceptors (Lipinski definition) is 4. The second-order valence-corrected chi connectivity index (χ2v) is 9.23. The SMILES string of the molecule is CN1CC=Cc2c(Cc3cccc(C(F)(F)F)c3)cc3c(=O)n(C4CCCCC4O)cnc3c21. The van der Waals surface area contributed by atoms with Gasteiger partial charge in [-0.15, -0.1) is 0 Å². The number of likely N-dealkylation sites (N-methyl/N-ethyl adjacent to an activating group) is 1. The van der Waals surface area contributed by atoms with Gasteiger partial charge in [0.05, 0.1) is 35.1 Å². The molecule has 2 aliphatic rings. The highest BCUT2D eigenvalue weighted by atomic mass is 19.4. The summed E-state index contributed by atoms with van der Waals surface area (Å²) < 4.78 is 41.3. The van der Waals surface area contributed by atoms with E-state index in [1.165, 1.54) is 17.0 Å². The van der Waals surface area contributed by atoms with E-state index in [0.29, 0.717) is 35.9 Å². The summed E-state index contributed by atoms with van der Waals surface area (Å²) in [4.78, 5) is 20.2. The molecule has 0 radical (unpaired) electrons.